The van der Waals surface area contributed by atoms with Gasteiger partial charge in [0.1, 0.15) is 0 Å². The van der Waals surface area contributed by atoms with Crippen molar-refractivity contribution in [2.24, 2.45) is 5.73 Å². The van der Waals surface area contributed by atoms with Gasteiger partial charge in [0, 0.05) is 12.3 Å². The molecule has 11 heavy (non-hydrogen) atoms. The molecule has 4 nitrogen and oxygen atoms in total. The fraction of sp³-hybridized carbons (Fsp3) is 0.833. The first-order valence-electron chi connectivity index (χ1n) is 3.51. The van der Waals surface area contributed by atoms with Crippen molar-refractivity contribution in [3.05, 3.63) is 0 Å². The Morgan fingerprint density at radius 1 is 1.73 bits per heavy atom. The minimum absolute atomic E-state index is 0.645. The first kappa shape index (κ1) is 10.7. The summed E-state index contributed by atoms with van der Waals surface area (Å²) in [5.41, 5.74) is 5.36. The second-order valence-electron chi connectivity index (χ2n) is 1.93. The molecular weight excluding hydrogens is 164 g/mol. The van der Waals surface area contributed by atoms with E-state index in [2.05, 4.69) is 0 Å². The van der Waals surface area contributed by atoms with Gasteiger partial charge in [0.15, 0.2) is 6.17 Å². The third-order valence-electron chi connectivity index (χ3n) is 1.17. The van der Waals surface area contributed by atoms with Crippen LogP contribution in [0.2, 0.25) is 0 Å². The first-order chi connectivity index (χ1) is 5.13. The molecule has 0 saturated heterocycles. The molecule has 1 unspecified atom stereocenters. The molecule has 0 amide bonds. The Bertz CT molecular complexity index is 132. The zero-order chi connectivity index (χ0) is 8.85. The summed E-state index contributed by atoms with van der Waals surface area (Å²) < 4.78 is 1.64. The summed E-state index contributed by atoms with van der Waals surface area (Å²) in [6, 6.07) is 0. The normalized spacial score (nSPS) is 13.5. The lowest BCUT2D eigenvalue weighted by molar-refractivity contribution is -0.141. The van der Waals surface area contributed by atoms with Gasteiger partial charge in [-0.2, -0.15) is 0 Å². The number of hydrogen-bond donors (Lipinski definition) is 2. The average Bonchev–Trinajstić information content (AvgIpc) is 1.98. The average molecular weight is 178 g/mol. The van der Waals surface area contributed by atoms with Gasteiger partial charge >= 0.3 is 5.97 Å². The molecule has 0 rings (SSSR count). The molecule has 0 saturated carbocycles. The number of carboxylic acids is 1. The molecule has 0 aliphatic carbocycles. The van der Waals surface area contributed by atoms with E-state index < -0.39 is 12.1 Å². The van der Waals surface area contributed by atoms with Crippen LogP contribution in [0.25, 0.3) is 0 Å². The van der Waals surface area contributed by atoms with Crippen LogP contribution in [0.4, 0.5) is 0 Å². The Morgan fingerprint density at radius 3 is 2.55 bits per heavy atom. The van der Waals surface area contributed by atoms with E-state index in [1.54, 1.807) is 4.31 Å². The van der Waals surface area contributed by atoms with Gasteiger partial charge in [-0.25, -0.2) is 9.10 Å². The van der Waals surface area contributed by atoms with Crippen LogP contribution in [0, 0.1) is 0 Å². The van der Waals surface area contributed by atoms with E-state index in [-0.39, 0.29) is 0 Å². The van der Waals surface area contributed by atoms with Crippen LogP contribution in [0.5, 0.6) is 0 Å². The highest BCUT2D eigenvalue weighted by molar-refractivity contribution is 7.97. The van der Waals surface area contributed by atoms with Gasteiger partial charge < -0.3 is 10.8 Å². The molecule has 0 spiro atoms. The molecule has 5 heteroatoms. The van der Waals surface area contributed by atoms with Crippen LogP contribution in [0.15, 0.2) is 0 Å². The molecule has 0 heterocycles. The summed E-state index contributed by atoms with van der Waals surface area (Å²) >= 11 is 1.44. The van der Waals surface area contributed by atoms with Crippen molar-refractivity contribution in [1.29, 1.82) is 0 Å². The Balaban J connectivity index is 3.91. The molecule has 0 aromatic carbocycles. The zero-order valence-electron chi connectivity index (χ0n) is 6.78. The molecule has 0 radical (unpaired) electrons. The second-order valence-corrected chi connectivity index (χ2v) is 3.24. The first-order valence-corrected chi connectivity index (χ1v) is 4.45. The van der Waals surface area contributed by atoms with Gasteiger partial charge in [-0.1, -0.05) is 25.8 Å². The minimum Gasteiger partial charge on any atom is -0.479 e. The van der Waals surface area contributed by atoms with E-state index in [0.717, 1.165) is 5.75 Å². The van der Waals surface area contributed by atoms with Crippen molar-refractivity contribution in [3.63, 3.8) is 0 Å². The molecule has 0 aliphatic heterocycles. The topological polar surface area (TPSA) is 66.6 Å². The lowest BCUT2D eigenvalue weighted by Crippen LogP contribution is -2.43. The van der Waals surface area contributed by atoms with Gasteiger partial charge in [0.05, 0.1) is 0 Å². The van der Waals surface area contributed by atoms with Gasteiger partial charge in [-0.3, -0.25) is 0 Å². The lowest BCUT2D eigenvalue weighted by Gasteiger charge is -2.21. The number of rotatable bonds is 5. The van der Waals surface area contributed by atoms with E-state index in [1.165, 1.54) is 11.9 Å². The van der Waals surface area contributed by atoms with Crippen molar-refractivity contribution in [2.45, 2.75) is 20.0 Å². The van der Waals surface area contributed by atoms with E-state index in [4.69, 9.17) is 10.8 Å². The zero-order valence-corrected chi connectivity index (χ0v) is 7.60. The summed E-state index contributed by atoms with van der Waals surface area (Å²) in [4.78, 5) is 10.4. The lowest BCUT2D eigenvalue weighted by atomic mass is 10.5. The molecule has 3 N–H and O–H groups in total. The summed E-state index contributed by atoms with van der Waals surface area (Å²) in [6.45, 7) is 4.49. The Kier molecular flexibility index (Phi) is 5.27. The van der Waals surface area contributed by atoms with Crippen molar-refractivity contribution in [2.75, 3.05) is 12.3 Å². The maximum atomic E-state index is 10.4. The summed E-state index contributed by atoms with van der Waals surface area (Å²) in [5, 5.41) is 8.53. The SMILES string of the molecule is CCSN(CC)C(N)C(=O)O. The highest BCUT2D eigenvalue weighted by Gasteiger charge is 2.18. The highest BCUT2D eigenvalue weighted by atomic mass is 32.2. The predicted molar refractivity (Wildman–Crippen MR) is 46.1 cm³/mol. The van der Waals surface area contributed by atoms with Gasteiger partial charge in [-0.15, -0.1) is 0 Å². The number of hydrogen-bond acceptors (Lipinski definition) is 4. The van der Waals surface area contributed by atoms with Crippen molar-refractivity contribution < 1.29 is 9.90 Å². The van der Waals surface area contributed by atoms with Crippen LogP contribution in [0.3, 0.4) is 0 Å². The van der Waals surface area contributed by atoms with Gasteiger partial charge in [0.2, 0.25) is 0 Å². The third kappa shape index (κ3) is 3.60. The van der Waals surface area contributed by atoms with Gasteiger partial charge in [-0.05, 0) is 0 Å². The molecule has 0 aliphatic rings. The predicted octanol–water partition coefficient (Wildman–Crippen LogP) is 0.346. The van der Waals surface area contributed by atoms with Crippen LogP contribution < -0.4 is 5.73 Å². The fourth-order valence-corrected chi connectivity index (χ4v) is 1.42. The number of likely N-dealkylation sites (N-methyl/N-ethyl adjacent to an activating group) is 1. The Labute approximate surface area is 70.9 Å². The third-order valence-corrected chi connectivity index (χ3v) is 2.25. The summed E-state index contributed by atoms with van der Waals surface area (Å²) in [7, 11) is 0. The number of nitrogens with two attached hydrogens (primary N) is 1. The number of carboxylic acid groups (broad SMARTS) is 1. The maximum absolute atomic E-state index is 10.4. The van der Waals surface area contributed by atoms with Crippen LogP contribution in [-0.4, -0.2) is 33.8 Å². The fourth-order valence-electron chi connectivity index (χ4n) is 0.657. The van der Waals surface area contributed by atoms with E-state index in [0.29, 0.717) is 6.54 Å². The molecular formula is C6H14N2O2S. The van der Waals surface area contributed by atoms with Crippen LogP contribution in [-0.2, 0) is 4.79 Å². The minimum atomic E-state index is -0.979. The standard InChI is InChI=1S/C6H14N2O2S/c1-3-8(11-4-2)5(7)6(9)10/h5H,3-4,7H2,1-2H3,(H,9,10). The van der Waals surface area contributed by atoms with Crippen molar-refractivity contribution >= 4 is 17.9 Å². The second kappa shape index (κ2) is 5.40. The molecule has 0 fully saturated rings. The van der Waals surface area contributed by atoms with Crippen LogP contribution in [0.1, 0.15) is 13.8 Å². The highest BCUT2D eigenvalue weighted by Crippen LogP contribution is 2.10. The van der Waals surface area contributed by atoms with Crippen LogP contribution >= 0.6 is 11.9 Å². The van der Waals surface area contributed by atoms with Crippen molar-refractivity contribution in [3.8, 4) is 0 Å². The molecule has 0 aromatic rings. The number of aliphatic carboxylic acids is 1. The molecule has 0 aromatic heterocycles. The Morgan fingerprint density at radius 2 is 2.27 bits per heavy atom. The molecule has 66 valence electrons. The van der Waals surface area contributed by atoms with E-state index >= 15 is 0 Å². The Hall–Kier alpha value is -0.260. The maximum Gasteiger partial charge on any atom is 0.336 e. The van der Waals surface area contributed by atoms with E-state index in [9.17, 15) is 4.79 Å². The monoisotopic (exact) mass is 178 g/mol. The van der Waals surface area contributed by atoms with E-state index in [1.807, 2.05) is 13.8 Å². The largest absolute Gasteiger partial charge is 0.479 e. The molecule has 1 atom stereocenters. The van der Waals surface area contributed by atoms with Gasteiger partial charge in [0.25, 0.3) is 0 Å². The number of carbonyl (C=O) groups is 1. The number of nitrogens with zero attached hydrogens (tertiary/aromatic N) is 1. The molecule has 0 bridgehead atoms. The summed E-state index contributed by atoms with van der Waals surface area (Å²) in [5.74, 6) is -0.137. The quantitative estimate of drug-likeness (QED) is 0.469. The smallest absolute Gasteiger partial charge is 0.336 e. The summed E-state index contributed by atoms with van der Waals surface area (Å²) in [6.07, 6.45) is -0.884. The van der Waals surface area contributed by atoms with Crippen molar-refractivity contribution in [1.82, 2.24) is 4.31 Å².